The van der Waals surface area contributed by atoms with E-state index >= 15 is 0 Å². The molecule has 0 saturated heterocycles. The van der Waals surface area contributed by atoms with Gasteiger partial charge in [0.05, 0.1) is 11.4 Å². The van der Waals surface area contributed by atoms with Gasteiger partial charge in [0.25, 0.3) is 0 Å². The maximum absolute atomic E-state index is 3.54. The number of hydrogen-bond donors (Lipinski definition) is 1. The molecule has 1 N–H and O–H groups in total. The second kappa shape index (κ2) is 3.76. The van der Waals surface area contributed by atoms with Gasteiger partial charge in [0.1, 0.15) is 0 Å². The lowest BCUT2D eigenvalue weighted by Gasteiger charge is -2.39. The van der Waals surface area contributed by atoms with Gasteiger partial charge in [0.15, 0.2) is 0 Å². The van der Waals surface area contributed by atoms with Gasteiger partial charge in [-0.05, 0) is 39.3 Å². The van der Waals surface area contributed by atoms with Crippen molar-refractivity contribution in [3.05, 3.63) is 23.8 Å². The lowest BCUT2D eigenvalue weighted by atomic mass is 10.0. The highest BCUT2D eigenvalue weighted by Crippen LogP contribution is 2.34. The Morgan fingerprint density at radius 3 is 2.80 bits per heavy atom. The van der Waals surface area contributed by atoms with Crippen molar-refractivity contribution in [1.29, 1.82) is 0 Å². The van der Waals surface area contributed by atoms with Gasteiger partial charge in [-0.2, -0.15) is 0 Å². The lowest BCUT2D eigenvalue weighted by molar-refractivity contribution is 0.623. The Balaban J connectivity index is 2.48. The van der Waals surface area contributed by atoms with E-state index in [0.29, 0.717) is 12.1 Å². The van der Waals surface area contributed by atoms with Crippen molar-refractivity contribution in [2.75, 3.05) is 16.8 Å². The van der Waals surface area contributed by atoms with Crippen LogP contribution in [0.15, 0.2) is 18.2 Å². The molecule has 0 radical (unpaired) electrons. The van der Waals surface area contributed by atoms with Crippen molar-refractivity contribution in [2.45, 2.75) is 39.8 Å². The molecule has 1 aromatic carbocycles. The minimum Gasteiger partial charge on any atom is -0.379 e. The summed E-state index contributed by atoms with van der Waals surface area (Å²) in [5, 5.41) is 3.54. The largest absolute Gasteiger partial charge is 0.379 e. The van der Waals surface area contributed by atoms with E-state index in [1.54, 1.807) is 0 Å². The van der Waals surface area contributed by atoms with Gasteiger partial charge in [-0.25, -0.2) is 0 Å². The Hall–Kier alpha value is -1.18. The molecule has 0 aromatic heterocycles. The molecule has 0 fully saturated rings. The zero-order valence-corrected chi connectivity index (χ0v) is 10.0. The summed E-state index contributed by atoms with van der Waals surface area (Å²) in [6.45, 7) is 10.0. The van der Waals surface area contributed by atoms with E-state index in [1.165, 1.54) is 16.9 Å². The molecule has 1 aromatic rings. The number of benzene rings is 1. The third-order valence-corrected chi connectivity index (χ3v) is 3.02. The predicted molar refractivity (Wildman–Crippen MR) is 66.7 cm³/mol. The summed E-state index contributed by atoms with van der Waals surface area (Å²) in [6.07, 6.45) is 0. The maximum atomic E-state index is 3.54. The van der Waals surface area contributed by atoms with Crippen molar-refractivity contribution < 1.29 is 0 Å². The zero-order valence-electron chi connectivity index (χ0n) is 10.0. The minimum atomic E-state index is 0.529. The fraction of sp³-hybridized carbons (Fsp3) is 0.538. The molecule has 1 atom stereocenters. The molecule has 0 amide bonds. The van der Waals surface area contributed by atoms with Crippen LogP contribution in [0.4, 0.5) is 11.4 Å². The Labute approximate surface area is 92.3 Å². The molecule has 2 heteroatoms. The molecule has 1 heterocycles. The van der Waals surface area contributed by atoms with Crippen LogP contribution in [0, 0.1) is 6.92 Å². The quantitative estimate of drug-likeness (QED) is 0.756. The first-order chi connectivity index (χ1) is 7.09. The van der Waals surface area contributed by atoms with Gasteiger partial charge in [0, 0.05) is 18.6 Å². The van der Waals surface area contributed by atoms with Crippen LogP contribution < -0.4 is 10.2 Å². The van der Waals surface area contributed by atoms with Crippen molar-refractivity contribution in [1.82, 2.24) is 0 Å². The van der Waals surface area contributed by atoms with Crippen molar-refractivity contribution in [2.24, 2.45) is 0 Å². The van der Waals surface area contributed by atoms with Gasteiger partial charge in [-0.1, -0.05) is 12.1 Å². The van der Waals surface area contributed by atoms with Crippen LogP contribution in [0.2, 0.25) is 0 Å². The molecule has 2 nitrogen and oxygen atoms in total. The van der Waals surface area contributed by atoms with Gasteiger partial charge >= 0.3 is 0 Å². The minimum absolute atomic E-state index is 0.529. The molecule has 82 valence electrons. The normalized spacial score (nSPS) is 20.1. The molecular weight excluding hydrogens is 184 g/mol. The summed E-state index contributed by atoms with van der Waals surface area (Å²) >= 11 is 0. The second-order valence-corrected chi connectivity index (χ2v) is 4.76. The summed E-state index contributed by atoms with van der Waals surface area (Å²) < 4.78 is 0. The number of nitrogens with one attached hydrogen (secondary N) is 1. The summed E-state index contributed by atoms with van der Waals surface area (Å²) in [4.78, 5) is 2.49. The highest BCUT2D eigenvalue weighted by atomic mass is 15.2. The first-order valence-corrected chi connectivity index (χ1v) is 5.72. The van der Waals surface area contributed by atoms with Crippen LogP contribution in [0.5, 0.6) is 0 Å². The Kier molecular flexibility index (Phi) is 2.59. The topological polar surface area (TPSA) is 15.3 Å². The van der Waals surface area contributed by atoms with E-state index in [-0.39, 0.29) is 0 Å². The summed E-state index contributed by atoms with van der Waals surface area (Å²) in [6, 6.07) is 7.58. The summed E-state index contributed by atoms with van der Waals surface area (Å²) in [7, 11) is 0. The lowest BCUT2D eigenvalue weighted by Crippen LogP contribution is -2.44. The van der Waals surface area contributed by atoms with Crippen LogP contribution in [0.3, 0.4) is 0 Å². The van der Waals surface area contributed by atoms with Crippen LogP contribution in [0.25, 0.3) is 0 Å². The predicted octanol–water partition coefficient (Wildman–Crippen LogP) is 3.02. The monoisotopic (exact) mass is 204 g/mol. The molecule has 0 bridgehead atoms. The van der Waals surface area contributed by atoms with Crippen LogP contribution in [0.1, 0.15) is 26.3 Å². The SMILES string of the molecule is Cc1cccc2c1N(C(C)C)CC(C)N2. The molecule has 1 aliphatic heterocycles. The van der Waals surface area contributed by atoms with Crippen LogP contribution >= 0.6 is 0 Å². The molecule has 15 heavy (non-hydrogen) atoms. The van der Waals surface area contributed by atoms with Gasteiger partial charge in [0.2, 0.25) is 0 Å². The van der Waals surface area contributed by atoms with Crippen molar-refractivity contribution in [3.8, 4) is 0 Å². The molecule has 1 unspecified atom stereocenters. The average molecular weight is 204 g/mol. The zero-order chi connectivity index (χ0) is 11.0. The Morgan fingerprint density at radius 2 is 2.13 bits per heavy atom. The third kappa shape index (κ3) is 1.81. The summed E-state index contributed by atoms with van der Waals surface area (Å²) in [5.41, 5.74) is 4.02. The molecule has 0 saturated carbocycles. The summed E-state index contributed by atoms with van der Waals surface area (Å²) in [5.74, 6) is 0. The fourth-order valence-corrected chi connectivity index (χ4v) is 2.32. The van der Waals surface area contributed by atoms with Crippen molar-refractivity contribution in [3.63, 3.8) is 0 Å². The first kappa shape index (κ1) is 10.3. The van der Waals surface area contributed by atoms with E-state index in [2.05, 4.69) is 56.1 Å². The van der Waals surface area contributed by atoms with Gasteiger partial charge in [-0.15, -0.1) is 0 Å². The molecule has 1 aliphatic rings. The Morgan fingerprint density at radius 1 is 1.40 bits per heavy atom. The Bertz CT molecular complexity index is 358. The first-order valence-electron chi connectivity index (χ1n) is 5.72. The van der Waals surface area contributed by atoms with E-state index < -0.39 is 0 Å². The van der Waals surface area contributed by atoms with Gasteiger partial charge in [-0.3, -0.25) is 0 Å². The number of hydrogen-bond acceptors (Lipinski definition) is 2. The molecule has 2 rings (SSSR count). The van der Waals surface area contributed by atoms with Crippen LogP contribution in [-0.4, -0.2) is 18.6 Å². The molecule has 0 aliphatic carbocycles. The molecular formula is C13H20N2. The number of fused-ring (bicyclic) bond motifs is 1. The second-order valence-electron chi connectivity index (χ2n) is 4.76. The van der Waals surface area contributed by atoms with E-state index in [4.69, 9.17) is 0 Å². The third-order valence-electron chi connectivity index (χ3n) is 3.02. The number of rotatable bonds is 1. The van der Waals surface area contributed by atoms with E-state index in [1.807, 2.05) is 0 Å². The standard InChI is InChI=1S/C13H20N2/c1-9(2)15-8-11(4)14-12-7-5-6-10(3)13(12)15/h5-7,9,11,14H,8H2,1-4H3. The van der Waals surface area contributed by atoms with E-state index in [9.17, 15) is 0 Å². The van der Waals surface area contributed by atoms with E-state index in [0.717, 1.165) is 6.54 Å². The average Bonchev–Trinajstić information content (AvgIpc) is 2.16. The fourth-order valence-electron chi connectivity index (χ4n) is 2.32. The smallest absolute Gasteiger partial charge is 0.0634 e. The number of aryl methyl sites for hydroxylation is 1. The van der Waals surface area contributed by atoms with Gasteiger partial charge < -0.3 is 10.2 Å². The number of para-hydroxylation sites is 1. The maximum Gasteiger partial charge on any atom is 0.0634 e. The highest BCUT2D eigenvalue weighted by molar-refractivity contribution is 5.76. The van der Waals surface area contributed by atoms with Crippen LogP contribution in [-0.2, 0) is 0 Å². The van der Waals surface area contributed by atoms with Crippen molar-refractivity contribution >= 4 is 11.4 Å². The number of nitrogens with zero attached hydrogens (tertiary/aromatic N) is 1. The number of anilines is 2. The highest BCUT2D eigenvalue weighted by Gasteiger charge is 2.23. The molecule has 0 spiro atoms.